The number of benzene rings is 2. The molecule has 4 rings (SSSR count). The zero-order valence-electron chi connectivity index (χ0n) is 23.9. The maximum Gasteiger partial charge on any atom is 0.419 e. The summed E-state index contributed by atoms with van der Waals surface area (Å²) in [6.07, 6.45) is -0.290. The van der Waals surface area contributed by atoms with Crippen molar-refractivity contribution in [1.29, 1.82) is 0 Å². The molecule has 13 heteroatoms. The van der Waals surface area contributed by atoms with E-state index in [-0.39, 0.29) is 33.7 Å². The van der Waals surface area contributed by atoms with Crippen LogP contribution in [0.5, 0.6) is 0 Å². The van der Waals surface area contributed by atoms with Gasteiger partial charge in [-0.1, -0.05) is 30.7 Å². The highest BCUT2D eigenvalue weighted by Gasteiger charge is 2.40. The van der Waals surface area contributed by atoms with E-state index in [1.807, 2.05) is 19.9 Å². The quantitative estimate of drug-likeness (QED) is 0.240. The topological polar surface area (TPSA) is 188 Å². The van der Waals surface area contributed by atoms with Crippen LogP contribution >= 0.6 is 0 Å². The van der Waals surface area contributed by atoms with Crippen molar-refractivity contribution in [3.05, 3.63) is 74.1 Å². The number of H-pyrrole nitrogens is 1. The number of hydrogen-bond donors (Lipinski definition) is 2. The fourth-order valence-electron chi connectivity index (χ4n) is 3.64. The van der Waals surface area contributed by atoms with Crippen molar-refractivity contribution in [3.8, 4) is 0 Å². The maximum atomic E-state index is 12.1. The largest absolute Gasteiger partial charge is 0.466 e. The van der Waals surface area contributed by atoms with Crippen molar-refractivity contribution in [1.82, 2.24) is 4.98 Å². The molecule has 0 fully saturated rings. The molecule has 232 valence electrons. The number of carbonyl (C=O) groups excluding carboxylic acids is 5. The van der Waals surface area contributed by atoms with Gasteiger partial charge in [-0.2, -0.15) is 0 Å². The molecule has 43 heavy (non-hydrogen) atoms. The van der Waals surface area contributed by atoms with Crippen molar-refractivity contribution in [2.75, 3.05) is 25.1 Å². The second kappa shape index (κ2) is 17.0. The Morgan fingerprint density at radius 2 is 1.37 bits per heavy atom. The number of anilines is 1. The second-order valence-corrected chi connectivity index (χ2v) is 8.73. The number of esters is 3. The molecular weight excluding hydrogens is 564 g/mol. The van der Waals surface area contributed by atoms with Crippen LogP contribution in [0.4, 0.5) is 5.69 Å². The summed E-state index contributed by atoms with van der Waals surface area (Å²) in [6.45, 7) is 9.41. The molecule has 0 saturated heterocycles. The van der Waals surface area contributed by atoms with Gasteiger partial charge >= 0.3 is 29.3 Å². The van der Waals surface area contributed by atoms with E-state index in [0.717, 1.165) is 11.1 Å². The number of hydrogen-bond acceptors (Lipinski definition) is 11. The SMILES string of the molecule is C.CCOC(=O)C1C(=O)Nc2ccc(C)cc2C1=O.CCOC(=O)CC(=O)OCC.Cc1ccc2[nH]c(=O)oc(=O)c2c1. The highest BCUT2D eigenvalue weighted by atomic mass is 16.6. The predicted molar refractivity (Wildman–Crippen MR) is 157 cm³/mol. The first kappa shape index (κ1) is 36.0. The van der Waals surface area contributed by atoms with Crippen molar-refractivity contribution in [2.24, 2.45) is 5.92 Å². The van der Waals surface area contributed by atoms with E-state index >= 15 is 0 Å². The van der Waals surface area contributed by atoms with E-state index in [0.29, 0.717) is 22.2 Å². The van der Waals surface area contributed by atoms with Crippen LogP contribution in [0, 0.1) is 19.8 Å². The lowest BCUT2D eigenvalue weighted by molar-refractivity contribution is -0.154. The van der Waals surface area contributed by atoms with Crippen LogP contribution in [0.15, 0.2) is 50.4 Å². The minimum absolute atomic E-state index is 0. The number of aryl methyl sites for hydroxylation is 2. The van der Waals surface area contributed by atoms with Crippen molar-refractivity contribution >= 4 is 46.2 Å². The van der Waals surface area contributed by atoms with Crippen LogP contribution < -0.4 is 16.7 Å². The molecule has 0 bridgehead atoms. The van der Waals surface area contributed by atoms with Gasteiger partial charge in [-0.25, -0.2) is 9.59 Å². The Labute approximate surface area is 247 Å². The third kappa shape index (κ3) is 10.4. The monoisotopic (exact) mass is 600 g/mol. The lowest BCUT2D eigenvalue weighted by atomic mass is 9.91. The molecule has 1 atom stereocenters. The lowest BCUT2D eigenvalue weighted by Crippen LogP contribution is -2.41. The molecule has 0 saturated carbocycles. The molecule has 1 amide bonds. The second-order valence-electron chi connectivity index (χ2n) is 8.73. The molecule has 3 aromatic rings. The Hall–Kier alpha value is -5.07. The molecule has 1 unspecified atom stereocenters. The fraction of sp³-hybridized carbons (Fsp3) is 0.367. The van der Waals surface area contributed by atoms with Gasteiger partial charge < -0.3 is 23.9 Å². The van der Waals surface area contributed by atoms with Gasteiger partial charge in [-0.3, -0.25) is 29.0 Å². The molecule has 1 aliphatic heterocycles. The number of fused-ring (bicyclic) bond motifs is 2. The predicted octanol–water partition coefficient (Wildman–Crippen LogP) is 3.24. The summed E-state index contributed by atoms with van der Waals surface area (Å²) < 4.78 is 18.2. The summed E-state index contributed by atoms with van der Waals surface area (Å²) in [6, 6.07) is 10.3. The number of Topliss-reactive ketones (excluding diaryl/α,β-unsaturated/α-hetero) is 1. The van der Waals surface area contributed by atoms with Gasteiger partial charge in [-0.15, -0.1) is 0 Å². The van der Waals surface area contributed by atoms with Gasteiger partial charge in [0.15, 0.2) is 11.7 Å². The molecule has 2 N–H and O–H groups in total. The van der Waals surface area contributed by atoms with Crippen LogP contribution in [0.1, 0.15) is 56.1 Å². The molecule has 0 radical (unpaired) electrons. The first-order valence-electron chi connectivity index (χ1n) is 13.0. The number of aromatic nitrogens is 1. The maximum absolute atomic E-state index is 12.1. The van der Waals surface area contributed by atoms with Gasteiger partial charge in [-0.05, 0) is 58.9 Å². The van der Waals surface area contributed by atoms with E-state index in [4.69, 9.17) is 4.74 Å². The zero-order chi connectivity index (χ0) is 31.4. The number of nitrogens with one attached hydrogen (secondary N) is 2. The van der Waals surface area contributed by atoms with Crippen molar-refractivity contribution in [2.45, 2.75) is 48.5 Å². The van der Waals surface area contributed by atoms with Crippen LogP contribution in [0.25, 0.3) is 10.9 Å². The van der Waals surface area contributed by atoms with Crippen LogP contribution in [-0.2, 0) is 33.4 Å². The molecule has 0 aliphatic carbocycles. The Kier molecular flexibility index (Phi) is 14.2. The standard InChI is InChI=1S/C13H13NO4.C9H7NO3.C7H12O4.CH4/c1-3-18-13(17)10-11(15)8-6-7(2)4-5-9(8)14-12(10)16;1-5-2-3-7-6(4-5)8(11)13-9(12)10-7;1-3-10-6(8)5-7(9)11-4-2;/h4-6,10H,3H2,1-2H3,(H,14,16);2-4H,1H3,(H,10,12);3-5H2,1-2H3;1H4. The smallest absolute Gasteiger partial charge is 0.419 e. The lowest BCUT2D eigenvalue weighted by Gasteiger charge is -2.22. The van der Waals surface area contributed by atoms with Gasteiger partial charge in [0.2, 0.25) is 5.91 Å². The summed E-state index contributed by atoms with van der Waals surface area (Å²) in [5.74, 6) is -5.12. The number of aromatic amines is 1. The summed E-state index contributed by atoms with van der Waals surface area (Å²) in [5.41, 5.74) is 2.55. The first-order valence-corrected chi connectivity index (χ1v) is 13.0. The van der Waals surface area contributed by atoms with E-state index in [2.05, 4.69) is 24.2 Å². The summed E-state index contributed by atoms with van der Waals surface area (Å²) in [5, 5.41) is 2.95. The third-order valence-corrected chi connectivity index (χ3v) is 5.46. The van der Waals surface area contributed by atoms with E-state index in [1.165, 1.54) is 0 Å². The van der Waals surface area contributed by atoms with Gasteiger partial charge in [0.25, 0.3) is 0 Å². The van der Waals surface area contributed by atoms with Crippen LogP contribution in [-0.4, -0.2) is 54.4 Å². The zero-order valence-corrected chi connectivity index (χ0v) is 23.9. The van der Waals surface area contributed by atoms with Gasteiger partial charge in [0, 0.05) is 5.56 Å². The number of carbonyl (C=O) groups is 5. The number of ether oxygens (including phenoxy) is 3. The molecule has 1 aliphatic rings. The highest BCUT2D eigenvalue weighted by molar-refractivity contribution is 6.29. The van der Waals surface area contributed by atoms with E-state index in [9.17, 15) is 33.6 Å². The molecule has 2 heterocycles. The summed E-state index contributed by atoms with van der Waals surface area (Å²) in [4.78, 5) is 81.1. The molecule has 0 spiro atoms. The first-order chi connectivity index (χ1) is 19.9. The average molecular weight is 601 g/mol. The van der Waals surface area contributed by atoms with Crippen LogP contribution in [0.3, 0.4) is 0 Å². The third-order valence-electron chi connectivity index (χ3n) is 5.46. The van der Waals surface area contributed by atoms with Gasteiger partial charge in [0.1, 0.15) is 6.42 Å². The Morgan fingerprint density at radius 1 is 0.814 bits per heavy atom. The highest BCUT2D eigenvalue weighted by Crippen LogP contribution is 2.27. The summed E-state index contributed by atoms with van der Waals surface area (Å²) in [7, 11) is 0. The molecule has 13 nitrogen and oxygen atoms in total. The minimum Gasteiger partial charge on any atom is -0.466 e. The van der Waals surface area contributed by atoms with Crippen LogP contribution in [0.2, 0.25) is 0 Å². The molecular formula is C30H36N2O11. The number of ketones is 1. The number of rotatable bonds is 6. The average Bonchev–Trinajstić information content (AvgIpc) is 2.91. The minimum atomic E-state index is -1.39. The molecule has 2 aromatic carbocycles. The van der Waals surface area contributed by atoms with E-state index in [1.54, 1.807) is 51.1 Å². The van der Waals surface area contributed by atoms with Gasteiger partial charge in [0.05, 0.1) is 36.4 Å². The van der Waals surface area contributed by atoms with Crippen molar-refractivity contribution < 1.29 is 42.6 Å². The van der Waals surface area contributed by atoms with E-state index < -0.39 is 46.9 Å². The molecule has 1 aromatic heterocycles. The normalized spacial score (nSPS) is 13.0. The Balaban J connectivity index is 0.000000331. The Morgan fingerprint density at radius 3 is 1.95 bits per heavy atom. The number of amides is 1. The summed E-state index contributed by atoms with van der Waals surface area (Å²) >= 11 is 0. The Bertz CT molecular complexity index is 1570. The van der Waals surface area contributed by atoms with Crippen molar-refractivity contribution in [3.63, 3.8) is 0 Å². The fourth-order valence-corrected chi connectivity index (χ4v) is 3.64.